The lowest BCUT2D eigenvalue weighted by Crippen LogP contribution is -2.04. The van der Waals surface area contributed by atoms with Crippen LogP contribution < -0.4 is 4.74 Å². The highest BCUT2D eigenvalue weighted by atomic mass is 79.9. The molecule has 0 saturated heterocycles. The quantitative estimate of drug-likeness (QED) is 0.824. The molecule has 0 heterocycles. The number of nitrogens with zero attached hydrogens (tertiary/aromatic N) is 1. The van der Waals surface area contributed by atoms with E-state index in [-0.39, 0.29) is 10.0 Å². The first-order valence-corrected chi connectivity index (χ1v) is 4.18. The molecule has 0 bridgehead atoms. The molecule has 0 aromatic heterocycles. The summed E-state index contributed by atoms with van der Waals surface area (Å²) in [6, 6.07) is 3.35. The van der Waals surface area contributed by atoms with Crippen molar-refractivity contribution in [3.05, 3.63) is 28.0 Å². The van der Waals surface area contributed by atoms with Gasteiger partial charge in [-0.3, -0.25) is 0 Å². The van der Waals surface area contributed by atoms with E-state index in [2.05, 4.69) is 20.7 Å². The smallest absolute Gasteiger partial charge is 0.387 e. The van der Waals surface area contributed by atoms with Crippen LogP contribution in [0.3, 0.4) is 0 Å². The Labute approximate surface area is 86.0 Å². The molecule has 74 valence electrons. The van der Waals surface area contributed by atoms with Gasteiger partial charge in [0.05, 0.1) is 0 Å². The molecule has 0 spiro atoms. The van der Waals surface area contributed by atoms with Crippen molar-refractivity contribution in [3.8, 4) is 11.8 Å². The standard InChI is InChI=1S/C8H3BrF3NO/c9-6-1-4(10)2-7(5(6)3-13)14-8(11)12/h1-2,8H. The minimum absolute atomic E-state index is 0.0793. The topological polar surface area (TPSA) is 33.0 Å². The van der Waals surface area contributed by atoms with E-state index < -0.39 is 18.2 Å². The minimum atomic E-state index is -3.09. The van der Waals surface area contributed by atoms with Gasteiger partial charge in [0.1, 0.15) is 23.2 Å². The molecule has 0 amide bonds. The Morgan fingerprint density at radius 2 is 2.07 bits per heavy atom. The normalized spacial score (nSPS) is 10.0. The summed E-state index contributed by atoms with van der Waals surface area (Å²) < 4.78 is 40.4. The number of hydrogen-bond acceptors (Lipinski definition) is 2. The van der Waals surface area contributed by atoms with Gasteiger partial charge >= 0.3 is 6.61 Å². The third-order valence-corrected chi connectivity index (χ3v) is 1.97. The fourth-order valence-electron chi connectivity index (χ4n) is 0.847. The molecule has 0 aliphatic rings. The summed E-state index contributed by atoms with van der Waals surface area (Å²) in [5.74, 6) is -1.24. The van der Waals surface area contributed by atoms with Crippen molar-refractivity contribution in [2.45, 2.75) is 6.61 Å². The van der Waals surface area contributed by atoms with Crippen LogP contribution in [-0.4, -0.2) is 6.61 Å². The molecule has 1 rings (SSSR count). The summed E-state index contributed by atoms with van der Waals surface area (Å²) in [5, 5.41) is 8.58. The molecule has 0 N–H and O–H groups in total. The molecule has 0 aliphatic carbocycles. The monoisotopic (exact) mass is 265 g/mol. The second-order valence-corrected chi connectivity index (χ2v) is 3.11. The van der Waals surface area contributed by atoms with Crippen molar-refractivity contribution in [2.75, 3.05) is 0 Å². The Morgan fingerprint density at radius 3 is 2.57 bits per heavy atom. The van der Waals surface area contributed by atoms with Crippen molar-refractivity contribution in [2.24, 2.45) is 0 Å². The summed E-state index contributed by atoms with van der Waals surface area (Å²) in [4.78, 5) is 0. The maximum Gasteiger partial charge on any atom is 0.387 e. The van der Waals surface area contributed by atoms with Crippen LogP contribution in [0.1, 0.15) is 5.56 Å². The number of nitriles is 1. The van der Waals surface area contributed by atoms with Crippen molar-refractivity contribution in [1.82, 2.24) is 0 Å². The van der Waals surface area contributed by atoms with Crippen LogP contribution in [0.15, 0.2) is 16.6 Å². The summed E-state index contributed by atoms with van der Waals surface area (Å²) in [6.07, 6.45) is 0. The minimum Gasteiger partial charge on any atom is -0.433 e. The van der Waals surface area contributed by atoms with E-state index in [0.29, 0.717) is 0 Å². The lowest BCUT2D eigenvalue weighted by Gasteiger charge is -2.07. The maximum absolute atomic E-state index is 12.7. The maximum atomic E-state index is 12.7. The van der Waals surface area contributed by atoms with Gasteiger partial charge < -0.3 is 4.74 Å². The molecule has 2 nitrogen and oxygen atoms in total. The molecular formula is C8H3BrF3NO. The van der Waals surface area contributed by atoms with Crippen LogP contribution in [-0.2, 0) is 0 Å². The van der Waals surface area contributed by atoms with Crippen LogP contribution in [0.2, 0.25) is 0 Å². The largest absolute Gasteiger partial charge is 0.433 e. The average molecular weight is 266 g/mol. The predicted octanol–water partition coefficient (Wildman–Crippen LogP) is 3.06. The second kappa shape index (κ2) is 4.33. The molecule has 0 saturated carbocycles. The highest BCUT2D eigenvalue weighted by Gasteiger charge is 2.14. The van der Waals surface area contributed by atoms with Gasteiger partial charge in [0.25, 0.3) is 0 Å². The second-order valence-electron chi connectivity index (χ2n) is 2.25. The molecule has 0 fully saturated rings. The Balaban J connectivity index is 3.20. The van der Waals surface area contributed by atoms with E-state index in [0.717, 1.165) is 12.1 Å². The fraction of sp³-hybridized carbons (Fsp3) is 0.125. The lowest BCUT2D eigenvalue weighted by molar-refractivity contribution is -0.0502. The van der Waals surface area contributed by atoms with Crippen LogP contribution in [0.25, 0.3) is 0 Å². The Bertz CT molecular complexity index is 389. The molecule has 14 heavy (non-hydrogen) atoms. The Hall–Kier alpha value is -1.22. The van der Waals surface area contributed by atoms with Gasteiger partial charge in [0, 0.05) is 10.5 Å². The van der Waals surface area contributed by atoms with Crippen LogP contribution in [0.4, 0.5) is 13.2 Å². The van der Waals surface area contributed by atoms with Crippen LogP contribution in [0, 0.1) is 17.1 Å². The van der Waals surface area contributed by atoms with Crippen LogP contribution >= 0.6 is 15.9 Å². The van der Waals surface area contributed by atoms with Crippen molar-refractivity contribution < 1.29 is 17.9 Å². The third-order valence-electron chi connectivity index (χ3n) is 1.35. The summed E-state index contributed by atoms with van der Waals surface area (Å²) in [5.41, 5.74) is -0.160. The van der Waals surface area contributed by atoms with E-state index in [1.165, 1.54) is 0 Å². The van der Waals surface area contributed by atoms with Crippen molar-refractivity contribution in [3.63, 3.8) is 0 Å². The van der Waals surface area contributed by atoms with Gasteiger partial charge in [0.15, 0.2) is 0 Å². The number of hydrogen-bond donors (Lipinski definition) is 0. The zero-order valence-electron chi connectivity index (χ0n) is 6.60. The van der Waals surface area contributed by atoms with Gasteiger partial charge in [-0.25, -0.2) is 4.39 Å². The molecule has 1 aromatic rings. The Morgan fingerprint density at radius 1 is 1.43 bits per heavy atom. The fourth-order valence-corrected chi connectivity index (χ4v) is 1.35. The molecule has 0 radical (unpaired) electrons. The molecule has 1 aromatic carbocycles. The SMILES string of the molecule is N#Cc1c(Br)cc(F)cc1OC(F)F. The lowest BCUT2D eigenvalue weighted by atomic mass is 10.2. The summed E-state index contributed by atoms with van der Waals surface area (Å²) in [6.45, 7) is -3.09. The van der Waals surface area contributed by atoms with E-state index in [4.69, 9.17) is 5.26 Å². The van der Waals surface area contributed by atoms with Gasteiger partial charge in [-0.15, -0.1) is 0 Å². The van der Waals surface area contributed by atoms with E-state index in [9.17, 15) is 13.2 Å². The number of rotatable bonds is 2. The van der Waals surface area contributed by atoms with Crippen LogP contribution in [0.5, 0.6) is 5.75 Å². The first-order valence-electron chi connectivity index (χ1n) is 3.38. The first-order chi connectivity index (χ1) is 6.54. The van der Waals surface area contributed by atoms with Gasteiger partial charge in [-0.1, -0.05) is 0 Å². The molecular weight excluding hydrogens is 263 g/mol. The van der Waals surface area contributed by atoms with E-state index in [1.54, 1.807) is 6.07 Å². The average Bonchev–Trinajstić information content (AvgIpc) is 2.01. The van der Waals surface area contributed by atoms with Crippen molar-refractivity contribution >= 4 is 15.9 Å². The number of halogens is 4. The Kier molecular flexibility index (Phi) is 3.36. The highest BCUT2D eigenvalue weighted by molar-refractivity contribution is 9.10. The summed E-state index contributed by atoms with van der Waals surface area (Å²) in [7, 11) is 0. The van der Waals surface area contributed by atoms with Gasteiger partial charge in [0.2, 0.25) is 0 Å². The van der Waals surface area contributed by atoms with Gasteiger partial charge in [-0.05, 0) is 22.0 Å². The zero-order valence-corrected chi connectivity index (χ0v) is 8.19. The van der Waals surface area contributed by atoms with E-state index in [1.807, 2.05) is 0 Å². The summed E-state index contributed by atoms with van der Waals surface area (Å²) >= 11 is 2.86. The first kappa shape index (κ1) is 10.9. The molecule has 0 aliphatic heterocycles. The zero-order chi connectivity index (χ0) is 10.7. The highest BCUT2D eigenvalue weighted by Crippen LogP contribution is 2.28. The predicted molar refractivity (Wildman–Crippen MR) is 45.4 cm³/mol. The number of alkyl halides is 2. The molecule has 0 unspecified atom stereocenters. The number of ether oxygens (including phenoxy) is 1. The van der Waals surface area contributed by atoms with Crippen molar-refractivity contribution in [1.29, 1.82) is 5.26 Å². The molecule has 0 atom stereocenters. The van der Waals surface area contributed by atoms with E-state index >= 15 is 0 Å². The third kappa shape index (κ3) is 2.39. The van der Waals surface area contributed by atoms with Gasteiger partial charge in [-0.2, -0.15) is 14.0 Å². The number of benzene rings is 1. The molecule has 6 heteroatoms.